The second-order valence-electron chi connectivity index (χ2n) is 6.87. The van der Waals surface area contributed by atoms with Gasteiger partial charge in [-0.2, -0.15) is 5.10 Å². The Morgan fingerprint density at radius 3 is 2.68 bits per heavy atom. The lowest BCUT2D eigenvalue weighted by molar-refractivity contribution is -0.111. The van der Waals surface area contributed by atoms with Crippen LogP contribution in [0.1, 0.15) is 27.9 Å². The molecular formula is C22H21N3O2S. The number of hydrogen-bond acceptors (Lipinski definition) is 3. The molecule has 1 aromatic heterocycles. The molecule has 1 aliphatic rings. The maximum Gasteiger partial charge on any atom is 0.249 e. The first-order valence-corrected chi connectivity index (χ1v) is 10.6. The molecule has 0 fully saturated rings. The molecule has 5 nitrogen and oxygen atoms in total. The summed E-state index contributed by atoms with van der Waals surface area (Å²) in [4.78, 5) is 12.6. The number of rotatable bonds is 4. The number of aryl methyl sites for hydroxylation is 1. The van der Waals surface area contributed by atoms with E-state index in [1.807, 2.05) is 62.4 Å². The minimum Gasteiger partial charge on any atom is -0.307 e. The van der Waals surface area contributed by atoms with E-state index in [9.17, 15) is 9.00 Å². The smallest absolute Gasteiger partial charge is 0.249 e. The highest BCUT2D eigenvalue weighted by Gasteiger charge is 2.28. The lowest BCUT2D eigenvalue weighted by Crippen LogP contribution is -2.14. The number of aromatic nitrogens is 2. The third-order valence-corrected chi connectivity index (χ3v) is 6.15. The summed E-state index contributed by atoms with van der Waals surface area (Å²) in [6.45, 7) is 4.09. The number of benzene rings is 2. The maximum atomic E-state index is 12.6. The van der Waals surface area contributed by atoms with Crippen LogP contribution in [0.3, 0.4) is 0 Å². The fourth-order valence-corrected chi connectivity index (χ4v) is 4.55. The van der Waals surface area contributed by atoms with Crippen molar-refractivity contribution in [3.05, 3.63) is 82.6 Å². The van der Waals surface area contributed by atoms with Gasteiger partial charge in [0.25, 0.3) is 0 Å². The maximum absolute atomic E-state index is 12.6. The Kier molecular flexibility index (Phi) is 4.96. The summed E-state index contributed by atoms with van der Waals surface area (Å²) in [6, 6.07) is 15.7. The van der Waals surface area contributed by atoms with Crippen molar-refractivity contribution in [3.63, 3.8) is 0 Å². The van der Waals surface area contributed by atoms with Crippen molar-refractivity contribution in [1.29, 1.82) is 0 Å². The van der Waals surface area contributed by atoms with E-state index in [0.717, 1.165) is 33.6 Å². The summed E-state index contributed by atoms with van der Waals surface area (Å²) >= 11 is 0. The second kappa shape index (κ2) is 7.56. The van der Waals surface area contributed by atoms with Gasteiger partial charge in [0.2, 0.25) is 5.91 Å². The molecule has 1 amide bonds. The Morgan fingerprint density at radius 1 is 1.11 bits per heavy atom. The Bertz CT molecular complexity index is 1100. The molecule has 0 saturated heterocycles. The zero-order chi connectivity index (χ0) is 19.7. The molecule has 3 aromatic rings. The summed E-state index contributed by atoms with van der Waals surface area (Å²) in [6.07, 6.45) is 3.28. The zero-order valence-corrected chi connectivity index (χ0v) is 16.6. The average Bonchev–Trinajstić information content (AvgIpc) is 3.20. The Hall–Kier alpha value is -2.99. The quantitative estimate of drug-likeness (QED) is 0.686. The third-order valence-electron chi connectivity index (χ3n) is 4.94. The normalized spacial score (nSPS) is 15.7. The fourth-order valence-electron chi connectivity index (χ4n) is 3.29. The summed E-state index contributed by atoms with van der Waals surface area (Å²) in [5.74, 6) is 1.21. The van der Waals surface area contributed by atoms with Crippen LogP contribution in [0.15, 0.2) is 54.6 Å². The molecule has 2 aromatic carbocycles. The Balaban J connectivity index is 1.69. The van der Waals surface area contributed by atoms with Crippen LogP contribution in [0.5, 0.6) is 0 Å². The van der Waals surface area contributed by atoms with Gasteiger partial charge in [0.05, 0.1) is 22.9 Å². The van der Waals surface area contributed by atoms with Crippen LogP contribution in [0.4, 0.5) is 5.82 Å². The molecule has 1 N–H and O–H groups in total. The number of amides is 1. The highest BCUT2D eigenvalue weighted by atomic mass is 32.2. The molecule has 1 unspecified atom stereocenters. The highest BCUT2D eigenvalue weighted by Crippen LogP contribution is 2.32. The van der Waals surface area contributed by atoms with Crippen LogP contribution in [0, 0.1) is 13.8 Å². The molecule has 2 heterocycles. The van der Waals surface area contributed by atoms with Gasteiger partial charge in [0, 0.05) is 22.4 Å². The summed E-state index contributed by atoms with van der Waals surface area (Å²) in [7, 11) is -0.966. The van der Waals surface area contributed by atoms with Crippen LogP contribution in [-0.2, 0) is 27.1 Å². The van der Waals surface area contributed by atoms with Crippen LogP contribution < -0.4 is 5.32 Å². The van der Waals surface area contributed by atoms with Gasteiger partial charge in [-0.1, -0.05) is 42.5 Å². The molecule has 4 rings (SSSR count). The summed E-state index contributed by atoms with van der Waals surface area (Å²) in [5.41, 5.74) is 5.77. The molecule has 1 atom stereocenters. The number of carbonyl (C=O) groups excluding carboxylic acids is 1. The Labute approximate surface area is 166 Å². The van der Waals surface area contributed by atoms with Gasteiger partial charge in [-0.05, 0) is 42.7 Å². The second-order valence-corrected chi connectivity index (χ2v) is 8.32. The Morgan fingerprint density at radius 2 is 1.89 bits per heavy atom. The van der Waals surface area contributed by atoms with Crippen LogP contribution >= 0.6 is 0 Å². The van der Waals surface area contributed by atoms with Gasteiger partial charge in [0.15, 0.2) is 0 Å². The van der Waals surface area contributed by atoms with E-state index in [2.05, 4.69) is 10.4 Å². The van der Waals surface area contributed by atoms with E-state index in [1.54, 1.807) is 10.8 Å². The van der Waals surface area contributed by atoms with Crippen molar-refractivity contribution in [2.24, 2.45) is 0 Å². The van der Waals surface area contributed by atoms with Gasteiger partial charge in [-0.25, -0.2) is 4.68 Å². The van der Waals surface area contributed by atoms with E-state index < -0.39 is 10.8 Å². The molecule has 1 aliphatic heterocycles. The molecule has 0 aliphatic carbocycles. The van der Waals surface area contributed by atoms with E-state index in [1.165, 1.54) is 6.08 Å². The summed E-state index contributed by atoms with van der Waals surface area (Å²) < 4.78 is 13.8. The minimum absolute atomic E-state index is 0.240. The first-order chi connectivity index (χ1) is 13.5. The fraction of sp³-hybridized carbons (Fsp3) is 0.182. The average molecular weight is 391 g/mol. The van der Waals surface area contributed by atoms with Crippen LogP contribution in [0.25, 0.3) is 11.8 Å². The molecule has 0 radical (unpaired) electrons. The molecular weight excluding hydrogens is 370 g/mol. The number of anilines is 1. The van der Waals surface area contributed by atoms with Gasteiger partial charge in [-0.15, -0.1) is 0 Å². The number of carbonyl (C=O) groups is 1. The number of hydrogen-bond donors (Lipinski definition) is 1. The monoisotopic (exact) mass is 391 g/mol. The first-order valence-electron chi connectivity index (χ1n) is 9.09. The largest absolute Gasteiger partial charge is 0.307 e. The third kappa shape index (κ3) is 3.55. The SMILES string of the molecule is Cc1cccc(-n2nc3c(c2NC(=O)C=Cc2ccccc2)CS(=O)C3)c1C. The number of nitrogens with one attached hydrogen (secondary N) is 1. The predicted octanol–water partition coefficient (Wildman–Crippen LogP) is 3.90. The van der Waals surface area contributed by atoms with Crippen molar-refractivity contribution in [2.75, 3.05) is 5.32 Å². The van der Waals surface area contributed by atoms with Crippen LogP contribution in [-0.4, -0.2) is 19.9 Å². The van der Waals surface area contributed by atoms with Gasteiger partial charge >= 0.3 is 0 Å². The minimum atomic E-state index is -0.966. The van der Waals surface area contributed by atoms with Gasteiger partial charge < -0.3 is 5.32 Å². The van der Waals surface area contributed by atoms with Gasteiger partial charge in [-0.3, -0.25) is 9.00 Å². The van der Waals surface area contributed by atoms with Crippen LogP contribution in [0.2, 0.25) is 0 Å². The molecule has 0 spiro atoms. The zero-order valence-electron chi connectivity index (χ0n) is 15.8. The molecule has 142 valence electrons. The van der Waals surface area contributed by atoms with E-state index >= 15 is 0 Å². The van der Waals surface area contributed by atoms with E-state index in [0.29, 0.717) is 17.3 Å². The number of nitrogens with zero attached hydrogens (tertiary/aromatic N) is 2. The number of fused-ring (bicyclic) bond motifs is 1. The topological polar surface area (TPSA) is 64.0 Å². The highest BCUT2D eigenvalue weighted by molar-refractivity contribution is 7.83. The lowest BCUT2D eigenvalue weighted by Gasteiger charge is -2.13. The standard InChI is InChI=1S/C22H21N3O2S/c1-15-7-6-10-20(16(15)2)25-22(18-13-28(27)14-19(18)24-25)23-21(26)12-11-17-8-4-3-5-9-17/h3-12H,13-14H2,1-2H3,(H,23,26). The van der Waals surface area contributed by atoms with Crippen molar-refractivity contribution >= 4 is 28.6 Å². The summed E-state index contributed by atoms with van der Waals surface area (Å²) in [5, 5.41) is 7.64. The van der Waals surface area contributed by atoms with Crippen molar-refractivity contribution in [1.82, 2.24) is 9.78 Å². The predicted molar refractivity (Wildman–Crippen MR) is 113 cm³/mol. The molecule has 0 saturated carbocycles. The molecule has 6 heteroatoms. The van der Waals surface area contributed by atoms with Crippen molar-refractivity contribution < 1.29 is 9.00 Å². The van der Waals surface area contributed by atoms with E-state index in [4.69, 9.17) is 0 Å². The lowest BCUT2D eigenvalue weighted by atomic mass is 10.1. The first kappa shape index (κ1) is 18.4. The molecule has 28 heavy (non-hydrogen) atoms. The van der Waals surface area contributed by atoms with Gasteiger partial charge in [0.1, 0.15) is 5.82 Å². The van der Waals surface area contributed by atoms with Crippen molar-refractivity contribution in [3.8, 4) is 5.69 Å². The van der Waals surface area contributed by atoms with Crippen molar-refractivity contribution in [2.45, 2.75) is 25.4 Å². The molecule has 0 bridgehead atoms. The van der Waals surface area contributed by atoms with E-state index in [-0.39, 0.29) is 5.91 Å².